The molecule has 0 bridgehead atoms. The Morgan fingerprint density at radius 1 is 0.941 bits per heavy atom. The summed E-state index contributed by atoms with van der Waals surface area (Å²) >= 11 is 3.48. The minimum atomic E-state index is 0.949. The highest BCUT2D eigenvalue weighted by atomic mass is 79.9. The van der Waals surface area contributed by atoms with Crippen molar-refractivity contribution >= 4 is 21.6 Å². The average Bonchev–Trinajstić information content (AvgIpc) is 2.38. The van der Waals surface area contributed by atoms with Crippen LogP contribution in [0.2, 0.25) is 0 Å². The predicted octanol–water partition coefficient (Wildman–Crippen LogP) is 3.25. The Morgan fingerprint density at radius 3 is 2.76 bits per heavy atom. The van der Waals surface area contributed by atoms with E-state index < -0.39 is 0 Å². The topological polar surface area (TPSA) is 17.0 Å². The number of aromatic nitrogens is 2. The average molecular weight is 286 g/mol. The van der Waals surface area contributed by atoms with Gasteiger partial charge in [-0.3, -0.25) is 0 Å². The summed E-state index contributed by atoms with van der Waals surface area (Å²) in [6.45, 7) is 0. The fraction of sp³-hybridized carbons (Fsp3) is 0. The Hall–Kier alpha value is -1.74. The molecule has 0 unspecified atom stereocenters. The lowest BCUT2D eigenvalue weighted by molar-refractivity contribution is -0.514. The van der Waals surface area contributed by atoms with Gasteiger partial charge in [0, 0.05) is 22.2 Å². The van der Waals surface area contributed by atoms with E-state index in [2.05, 4.69) is 33.0 Å². The molecule has 0 amide bonds. The van der Waals surface area contributed by atoms with E-state index >= 15 is 0 Å². The van der Waals surface area contributed by atoms with Gasteiger partial charge in [-0.2, -0.15) is 0 Å². The molecule has 1 aromatic carbocycles. The second kappa shape index (κ2) is 4.26. The predicted molar refractivity (Wildman–Crippen MR) is 70.5 cm³/mol. The highest BCUT2D eigenvalue weighted by Gasteiger charge is 2.08. The summed E-state index contributed by atoms with van der Waals surface area (Å²) in [5, 5.41) is 0. The van der Waals surface area contributed by atoms with Crippen LogP contribution in [-0.4, -0.2) is 4.98 Å². The Morgan fingerprint density at radius 2 is 1.88 bits per heavy atom. The van der Waals surface area contributed by atoms with Crippen molar-refractivity contribution < 1.29 is 4.40 Å². The molecule has 3 rings (SSSR count). The van der Waals surface area contributed by atoms with Gasteiger partial charge in [-0.25, -0.2) is 4.40 Å². The molecule has 0 aliphatic carbocycles. The van der Waals surface area contributed by atoms with Crippen molar-refractivity contribution in [2.45, 2.75) is 0 Å². The molecule has 0 aliphatic heterocycles. The maximum Gasteiger partial charge on any atom is 0.328 e. The highest BCUT2D eigenvalue weighted by molar-refractivity contribution is 9.10. The van der Waals surface area contributed by atoms with E-state index in [1.165, 1.54) is 0 Å². The summed E-state index contributed by atoms with van der Waals surface area (Å²) in [4.78, 5) is 4.63. The standard InChI is InChI=1S/C14H10BrN2/c15-12-5-3-4-11(10-12)13-7-9-17-8-2-1-6-14(17)16-13/h1-10H/q+1. The van der Waals surface area contributed by atoms with E-state index in [0.717, 1.165) is 21.4 Å². The molecular weight excluding hydrogens is 276 g/mol. The molecule has 0 radical (unpaired) electrons. The molecule has 3 aromatic rings. The van der Waals surface area contributed by atoms with Gasteiger partial charge >= 0.3 is 5.65 Å². The second-order valence-corrected chi connectivity index (χ2v) is 4.70. The maximum atomic E-state index is 4.63. The van der Waals surface area contributed by atoms with E-state index in [4.69, 9.17) is 0 Å². The third-order valence-electron chi connectivity index (χ3n) is 2.62. The zero-order valence-electron chi connectivity index (χ0n) is 9.05. The summed E-state index contributed by atoms with van der Waals surface area (Å²) in [5.41, 5.74) is 3.05. The molecular formula is C14H10BrN2+. The Balaban J connectivity index is 2.18. The molecule has 2 nitrogen and oxygen atoms in total. The molecule has 0 aliphatic rings. The quantitative estimate of drug-likeness (QED) is 0.628. The first kappa shape index (κ1) is 10.4. The molecule has 0 saturated heterocycles. The van der Waals surface area contributed by atoms with E-state index in [0.29, 0.717) is 0 Å². The van der Waals surface area contributed by atoms with Gasteiger partial charge in [0.15, 0.2) is 5.69 Å². The fourth-order valence-corrected chi connectivity index (χ4v) is 2.19. The number of rotatable bonds is 1. The van der Waals surface area contributed by atoms with Crippen LogP contribution in [0.5, 0.6) is 0 Å². The van der Waals surface area contributed by atoms with Crippen LogP contribution >= 0.6 is 15.9 Å². The lowest BCUT2D eigenvalue weighted by Crippen LogP contribution is -2.21. The van der Waals surface area contributed by atoms with E-state index in [9.17, 15) is 0 Å². The Bertz CT molecular complexity index is 680. The molecule has 2 aromatic heterocycles. The summed E-state index contributed by atoms with van der Waals surface area (Å²) in [5.74, 6) is 0. The first-order chi connectivity index (χ1) is 8.33. The first-order valence-electron chi connectivity index (χ1n) is 5.36. The van der Waals surface area contributed by atoms with E-state index in [1.54, 1.807) is 0 Å². The van der Waals surface area contributed by atoms with Crippen LogP contribution in [0.1, 0.15) is 0 Å². The normalized spacial score (nSPS) is 10.6. The molecule has 17 heavy (non-hydrogen) atoms. The smallest absolute Gasteiger partial charge is 0.203 e. The van der Waals surface area contributed by atoms with E-state index in [-0.39, 0.29) is 0 Å². The SMILES string of the molecule is Brc1cccc(-c2cc[n+]3ccccc3n2)c1. The Kier molecular flexibility index (Phi) is 2.61. The Labute approximate surface area is 108 Å². The molecule has 3 heteroatoms. The van der Waals surface area contributed by atoms with Gasteiger partial charge in [-0.1, -0.05) is 34.1 Å². The van der Waals surface area contributed by atoms with Crippen LogP contribution < -0.4 is 4.40 Å². The minimum Gasteiger partial charge on any atom is -0.203 e. The molecule has 0 N–H and O–H groups in total. The van der Waals surface area contributed by atoms with Gasteiger partial charge in [0.05, 0.1) is 6.20 Å². The van der Waals surface area contributed by atoms with Crippen molar-refractivity contribution in [3.05, 3.63) is 65.4 Å². The number of pyridine rings is 1. The number of fused-ring (bicyclic) bond motifs is 1. The van der Waals surface area contributed by atoms with Gasteiger partial charge in [-0.15, -0.1) is 0 Å². The zero-order chi connectivity index (χ0) is 11.7. The fourth-order valence-electron chi connectivity index (χ4n) is 1.79. The van der Waals surface area contributed by atoms with Crippen molar-refractivity contribution in [1.82, 2.24) is 4.98 Å². The lowest BCUT2D eigenvalue weighted by Gasteiger charge is -1.97. The summed E-state index contributed by atoms with van der Waals surface area (Å²) in [6.07, 6.45) is 4.02. The second-order valence-electron chi connectivity index (χ2n) is 3.79. The number of halogens is 1. The number of hydrogen-bond acceptors (Lipinski definition) is 1. The van der Waals surface area contributed by atoms with Crippen LogP contribution in [0.25, 0.3) is 16.9 Å². The minimum absolute atomic E-state index is 0.949. The first-order valence-corrected chi connectivity index (χ1v) is 6.15. The molecule has 82 valence electrons. The molecule has 0 fully saturated rings. The molecule has 0 atom stereocenters. The molecule has 2 heterocycles. The van der Waals surface area contributed by atoms with Crippen molar-refractivity contribution in [3.8, 4) is 11.3 Å². The number of nitrogens with zero attached hydrogens (tertiary/aromatic N) is 2. The van der Waals surface area contributed by atoms with Crippen molar-refractivity contribution in [2.75, 3.05) is 0 Å². The largest absolute Gasteiger partial charge is 0.328 e. The van der Waals surface area contributed by atoms with Gasteiger partial charge in [0.1, 0.15) is 6.20 Å². The molecule has 0 spiro atoms. The zero-order valence-corrected chi connectivity index (χ0v) is 10.6. The monoisotopic (exact) mass is 285 g/mol. The van der Waals surface area contributed by atoms with Crippen LogP contribution in [-0.2, 0) is 0 Å². The van der Waals surface area contributed by atoms with Crippen molar-refractivity contribution in [1.29, 1.82) is 0 Å². The van der Waals surface area contributed by atoms with Gasteiger partial charge < -0.3 is 0 Å². The third kappa shape index (κ3) is 2.06. The van der Waals surface area contributed by atoms with Gasteiger partial charge in [-0.05, 0) is 23.2 Å². The molecule has 0 saturated carbocycles. The van der Waals surface area contributed by atoms with E-state index in [1.807, 2.05) is 53.2 Å². The van der Waals surface area contributed by atoms with Crippen LogP contribution in [0.15, 0.2) is 65.4 Å². The highest BCUT2D eigenvalue weighted by Crippen LogP contribution is 2.20. The van der Waals surface area contributed by atoms with Crippen molar-refractivity contribution in [3.63, 3.8) is 0 Å². The van der Waals surface area contributed by atoms with Gasteiger partial charge in [0.25, 0.3) is 0 Å². The maximum absolute atomic E-state index is 4.63. The summed E-state index contributed by atoms with van der Waals surface area (Å²) in [6, 6.07) is 16.2. The van der Waals surface area contributed by atoms with Crippen LogP contribution in [0.4, 0.5) is 0 Å². The number of hydrogen-bond donors (Lipinski definition) is 0. The summed E-state index contributed by atoms with van der Waals surface area (Å²) in [7, 11) is 0. The number of benzene rings is 1. The third-order valence-corrected chi connectivity index (χ3v) is 3.11. The van der Waals surface area contributed by atoms with Gasteiger partial charge in [0.2, 0.25) is 0 Å². The summed E-state index contributed by atoms with van der Waals surface area (Å²) < 4.78 is 3.07. The van der Waals surface area contributed by atoms with Crippen molar-refractivity contribution in [2.24, 2.45) is 0 Å². The van der Waals surface area contributed by atoms with Crippen LogP contribution in [0, 0.1) is 0 Å². The van der Waals surface area contributed by atoms with Crippen LogP contribution in [0.3, 0.4) is 0 Å². The lowest BCUT2D eigenvalue weighted by atomic mass is 10.1.